The molecule has 0 saturated heterocycles. The Bertz CT molecular complexity index is 361. The van der Waals surface area contributed by atoms with E-state index in [1.165, 1.54) is 6.33 Å². The first kappa shape index (κ1) is 10.3. The first-order valence-electron chi connectivity index (χ1n) is 4.45. The third-order valence-electron chi connectivity index (χ3n) is 1.58. The third kappa shape index (κ3) is 2.33. The largest absolute Gasteiger partial charge is 0.481 e. The molecule has 0 saturated carbocycles. The van der Waals surface area contributed by atoms with Crippen LogP contribution in [0, 0.1) is 11.3 Å². The standard InChI is InChI=1S/C9H12N4O/c1-3-8(14-4-2)13-9-7(5-10)11-6-12-9/h6H,3-4H2,1-2H3,(H,11,12)/b13-8+. The zero-order valence-corrected chi connectivity index (χ0v) is 8.24. The number of hydrogen-bond donors (Lipinski definition) is 1. The van der Waals surface area contributed by atoms with Gasteiger partial charge in [0.1, 0.15) is 6.07 Å². The number of nitriles is 1. The molecule has 0 spiro atoms. The summed E-state index contributed by atoms with van der Waals surface area (Å²) in [7, 11) is 0. The summed E-state index contributed by atoms with van der Waals surface area (Å²) in [4.78, 5) is 10.7. The number of aromatic nitrogens is 2. The molecule has 74 valence electrons. The second-order valence-electron chi connectivity index (χ2n) is 2.51. The van der Waals surface area contributed by atoms with Crippen molar-refractivity contribution < 1.29 is 4.74 Å². The van der Waals surface area contributed by atoms with Crippen LogP contribution in [0.15, 0.2) is 11.3 Å². The number of hydrogen-bond acceptors (Lipinski definition) is 4. The predicted molar refractivity (Wildman–Crippen MR) is 52.3 cm³/mol. The van der Waals surface area contributed by atoms with Crippen LogP contribution in [0.25, 0.3) is 0 Å². The van der Waals surface area contributed by atoms with E-state index < -0.39 is 0 Å². The first-order chi connectivity index (χ1) is 6.81. The molecule has 0 aliphatic carbocycles. The Morgan fingerprint density at radius 2 is 2.50 bits per heavy atom. The number of ether oxygens (including phenoxy) is 1. The maximum atomic E-state index is 8.69. The monoisotopic (exact) mass is 192 g/mol. The van der Waals surface area contributed by atoms with Crippen LogP contribution in [0.5, 0.6) is 0 Å². The quantitative estimate of drug-likeness (QED) is 0.585. The van der Waals surface area contributed by atoms with E-state index in [0.717, 1.165) is 0 Å². The number of H-pyrrole nitrogens is 1. The minimum atomic E-state index is 0.357. The summed E-state index contributed by atoms with van der Waals surface area (Å²) in [5.41, 5.74) is 0.357. The minimum Gasteiger partial charge on any atom is -0.481 e. The van der Waals surface area contributed by atoms with Crippen molar-refractivity contribution in [3.8, 4) is 6.07 Å². The summed E-state index contributed by atoms with van der Waals surface area (Å²) in [6.45, 7) is 4.40. The zero-order chi connectivity index (χ0) is 10.4. The lowest BCUT2D eigenvalue weighted by molar-refractivity contribution is 0.319. The van der Waals surface area contributed by atoms with Crippen LogP contribution in [0.2, 0.25) is 0 Å². The summed E-state index contributed by atoms with van der Waals surface area (Å²) < 4.78 is 5.25. The van der Waals surface area contributed by atoms with Gasteiger partial charge in [0.2, 0.25) is 0 Å². The maximum absolute atomic E-state index is 8.69. The fraction of sp³-hybridized carbons (Fsp3) is 0.444. The highest BCUT2D eigenvalue weighted by Gasteiger charge is 2.04. The fourth-order valence-electron chi connectivity index (χ4n) is 0.952. The van der Waals surface area contributed by atoms with Gasteiger partial charge in [-0.2, -0.15) is 10.3 Å². The van der Waals surface area contributed by atoms with Gasteiger partial charge in [0.15, 0.2) is 17.4 Å². The van der Waals surface area contributed by atoms with E-state index in [0.29, 0.717) is 30.4 Å². The van der Waals surface area contributed by atoms with Crippen molar-refractivity contribution >= 4 is 11.7 Å². The average Bonchev–Trinajstić information content (AvgIpc) is 2.64. The molecule has 5 nitrogen and oxygen atoms in total. The molecule has 0 amide bonds. The van der Waals surface area contributed by atoms with Gasteiger partial charge in [0.25, 0.3) is 0 Å². The Hall–Kier alpha value is -1.83. The van der Waals surface area contributed by atoms with Gasteiger partial charge in [-0.25, -0.2) is 4.98 Å². The predicted octanol–water partition coefficient (Wildman–Crippen LogP) is 1.76. The van der Waals surface area contributed by atoms with E-state index in [9.17, 15) is 0 Å². The molecule has 0 bridgehead atoms. The Morgan fingerprint density at radius 3 is 3.07 bits per heavy atom. The number of nitrogens with one attached hydrogen (secondary N) is 1. The Labute approximate surface area is 82.5 Å². The summed E-state index contributed by atoms with van der Waals surface area (Å²) in [5.74, 6) is 0.980. The number of aliphatic imine (C=N–C) groups is 1. The topological polar surface area (TPSA) is 74.1 Å². The van der Waals surface area contributed by atoms with Crippen molar-refractivity contribution in [2.45, 2.75) is 20.3 Å². The molecule has 1 N–H and O–H groups in total. The second kappa shape index (κ2) is 5.02. The highest BCUT2D eigenvalue weighted by atomic mass is 16.5. The van der Waals surface area contributed by atoms with Crippen molar-refractivity contribution in [3.05, 3.63) is 12.0 Å². The number of rotatable bonds is 3. The Morgan fingerprint density at radius 1 is 1.71 bits per heavy atom. The highest BCUT2D eigenvalue weighted by molar-refractivity contribution is 5.78. The lowest BCUT2D eigenvalue weighted by Gasteiger charge is -2.02. The van der Waals surface area contributed by atoms with Crippen LogP contribution in [-0.4, -0.2) is 22.5 Å². The molecule has 0 aliphatic heterocycles. The van der Waals surface area contributed by atoms with Crippen molar-refractivity contribution in [2.75, 3.05) is 6.61 Å². The smallest absolute Gasteiger partial charge is 0.191 e. The number of aromatic amines is 1. The van der Waals surface area contributed by atoms with Gasteiger partial charge in [0.05, 0.1) is 12.9 Å². The molecule has 0 radical (unpaired) electrons. The molecule has 0 aliphatic rings. The van der Waals surface area contributed by atoms with E-state index in [2.05, 4.69) is 15.0 Å². The van der Waals surface area contributed by atoms with Crippen LogP contribution in [0.1, 0.15) is 26.0 Å². The summed E-state index contributed by atoms with van der Waals surface area (Å²) in [6, 6.07) is 1.97. The minimum absolute atomic E-state index is 0.357. The normalized spacial score (nSPS) is 11.1. The van der Waals surface area contributed by atoms with Crippen molar-refractivity contribution in [3.63, 3.8) is 0 Å². The summed E-state index contributed by atoms with van der Waals surface area (Å²) in [6.07, 6.45) is 2.13. The summed E-state index contributed by atoms with van der Waals surface area (Å²) in [5, 5.41) is 8.69. The van der Waals surface area contributed by atoms with E-state index in [1.807, 2.05) is 19.9 Å². The molecule has 1 aromatic heterocycles. The van der Waals surface area contributed by atoms with E-state index in [-0.39, 0.29) is 0 Å². The molecule has 0 unspecified atom stereocenters. The molecular formula is C9H12N4O. The van der Waals surface area contributed by atoms with Gasteiger partial charge in [-0.3, -0.25) is 0 Å². The van der Waals surface area contributed by atoms with Crippen LogP contribution >= 0.6 is 0 Å². The molecule has 0 fully saturated rings. The Balaban J connectivity index is 2.89. The van der Waals surface area contributed by atoms with Gasteiger partial charge >= 0.3 is 0 Å². The van der Waals surface area contributed by atoms with Gasteiger partial charge in [0, 0.05) is 6.42 Å². The molecule has 1 aromatic rings. The van der Waals surface area contributed by atoms with Crippen molar-refractivity contribution in [2.24, 2.45) is 4.99 Å². The summed E-state index contributed by atoms with van der Waals surface area (Å²) >= 11 is 0. The van der Waals surface area contributed by atoms with E-state index in [1.54, 1.807) is 0 Å². The first-order valence-corrected chi connectivity index (χ1v) is 4.45. The molecule has 14 heavy (non-hydrogen) atoms. The second-order valence-corrected chi connectivity index (χ2v) is 2.51. The maximum Gasteiger partial charge on any atom is 0.191 e. The van der Waals surface area contributed by atoms with Crippen LogP contribution in [0.3, 0.4) is 0 Å². The lowest BCUT2D eigenvalue weighted by Crippen LogP contribution is -2.02. The number of nitrogens with zero attached hydrogens (tertiary/aromatic N) is 3. The average molecular weight is 192 g/mol. The zero-order valence-electron chi connectivity index (χ0n) is 8.24. The number of imidazole rings is 1. The third-order valence-corrected chi connectivity index (χ3v) is 1.58. The van der Waals surface area contributed by atoms with Gasteiger partial charge in [-0.05, 0) is 6.92 Å². The molecule has 0 aromatic carbocycles. The molecule has 1 heterocycles. The van der Waals surface area contributed by atoms with Crippen LogP contribution < -0.4 is 0 Å². The van der Waals surface area contributed by atoms with Gasteiger partial charge < -0.3 is 9.72 Å². The molecular weight excluding hydrogens is 180 g/mol. The molecule has 0 atom stereocenters. The molecule has 1 rings (SSSR count). The molecule has 5 heteroatoms. The van der Waals surface area contributed by atoms with E-state index >= 15 is 0 Å². The van der Waals surface area contributed by atoms with Gasteiger partial charge in [-0.1, -0.05) is 6.92 Å². The van der Waals surface area contributed by atoms with Crippen LogP contribution in [-0.2, 0) is 4.74 Å². The van der Waals surface area contributed by atoms with E-state index in [4.69, 9.17) is 10.00 Å². The highest BCUT2D eigenvalue weighted by Crippen LogP contribution is 2.13. The van der Waals surface area contributed by atoms with Crippen molar-refractivity contribution in [1.82, 2.24) is 9.97 Å². The van der Waals surface area contributed by atoms with Crippen molar-refractivity contribution in [1.29, 1.82) is 5.26 Å². The van der Waals surface area contributed by atoms with Gasteiger partial charge in [-0.15, -0.1) is 0 Å². The fourth-order valence-corrected chi connectivity index (χ4v) is 0.952. The van der Waals surface area contributed by atoms with Crippen LogP contribution in [0.4, 0.5) is 5.82 Å². The Kier molecular flexibility index (Phi) is 3.68. The SMILES string of the molecule is CCO/C(CC)=N/c1nc[nH]c1C#N. The lowest BCUT2D eigenvalue weighted by atomic mass is 10.4.